The van der Waals surface area contributed by atoms with Crippen molar-refractivity contribution in [1.29, 1.82) is 0 Å². The third-order valence-corrected chi connectivity index (χ3v) is 4.24. The van der Waals surface area contributed by atoms with Crippen molar-refractivity contribution < 1.29 is 18.7 Å². The Morgan fingerprint density at radius 2 is 2.26 bits per heavy atom. The van der Waals surface area contributed by atoms with Gasteiger partial charge in [0.25, 0.3) is 5.91 Å². The standard InChI is InChI=1S/C16H16ClFN2O3/c17-12-8-11(3-4-13(12)18)20-6-5-14(16(20)22)19-15(21)10-2-1-7-23-9-10/h3-4,8-9,14H,1-2,5-7H2,(H,19,21). The highest BCUT2D eigenvalue weighted by Gasteiger charge is 2.34. The zero-order chi connectivity index (χ0) is 16.4. The van der Waals surface area contributed by atoms with E-state index in [0.29, 0.717) is 37.3 Å². The molecule has 3 rings (SSSR count). The first-order chi connectivity index (χ1) is 11.1. The molecular weight excluding hydrogens is 323 g/mol. The van der Waals surface area contributed by atoms with Crippen LogP contribution >= 0.6 is 11.6 Å². The van der Waals surface area contributed by atoms with Crippen LogP contribution in [0.25, 0.3) is 0 Å². The Labute approximate surface area is 138 Å². The number of ether oxygens (including phenoxy) is 1. The molecule has 2 aliphatic rings. The normalized spacial score (nSPS) is 21.0. The third kappa shape index (κ3) is 3.32. The second-order valence-electron chi connectivity index (χ2n) is 5.52. The van der Waals surface area contributed by atoms with Gasteiger partial charge in [-0.3, -0.25) is 9.59 Å². The second kappa shape index (κ2) is 6.58. The number of rotatable bonds is 3. The summed E-state index contributed by atoms with van der Waals surface area (Å²) in [6.45, 7) is 1.06. The molecule has 1 saturated heterocycles. The van der Waals surface area contributed by atoms with Crippen LogP contribution in [0.1, 0.15) is 19.3 Å². The maximum Gasteiger partial charge on any atom is 0.250 e. The molecule has 1 unspecified atom stereocenters. The van der Waals surface area contributed by atoms with Gasteiger partial charge in [0.15, 0.2) is 0 Å². The van der Waals surface area contributed by atoms with Crippen molar-refractivity contribution in [3.63, 3.8) is 0 Å². The van der Waals surface area contributed by atoms with E-state index in [-0.39, 0.29) is 16.8 Å². The van der Waals surface area contributed by atoms with Gasteiger partial charge in [0.05, 0.1) is 23.5 Å². The molecule has 1 fully saturated rings. The van der Waals surface area contributed by atoms with E-state index in [1.807, 2.05) is 0 Å². The summed E-state index contributed by atoms with van der Waals surface area (Å²) in [5, 5.41) is 2.70. The summed E-state index contributed by atoms with van der Waals surface area (Å²) >= 11 is 5.76. The van der Waals surface area contributed by atoms with Crippen molar-refractivity contribution in [2.45, 2.75) is 25.3 Å². The molecule has 0 aromatic heterocycles. The predicted molar refractivity (Wildman–Crippen MR) is 83.6 cm³/mol. The lowest BCUT2D eigenvalue weighted by atomic mass is 10.1. The van der Waals surface area contributed by atoms with Crippen LogP contribution in [0.5, 0.6) is 0 Å². The highest BCUT2D eigenvalue weighted by atomic mass is 35.5. The minimum atomic E-state index is -0.589. The third-order valence-electron chi connectivity index (χ3n) is 3.95. The van der Waals surface area contributed by atoms with E-state index in [9.17, 15) is 14.0 Å². The van der Waals surface area contributed by atoms with Crippen LogP contribution in [0.3, 0.4) is 0 Å². The first kappa shape index (κ1) is 15.8. The summed E-state index contributed by atoms with van der Waals surface area (Å²) in [6, 6.07) is 3.55. The number of nitrogens with zero attached hydrogens (tertiary/aromatic N) is 1. The lowest BCUT2D eigenvalue weighted by Gasteiger charge is -2.19. The number of amides is 2. The van der Waals surface area contributed by atoms with E-state index in [2.05, 4.69) is 5.32 Å². The largest absolute Gasteiger partial charge is 0.501 e. The van der Waals surface area contributed by atoms with Crippen LogP contribution in [-0.2, 0) is 14.3 Å². The fraction of sp³-hybridized carbons (Fsp3) is 0.375. The van der Waals surface area contributed by atoms with Crippen molar-refractivity contribution in [3.05, 3.63) is 40.9 Å². The highest BCUT2D eigenvalue weighted by Crippen LogP contribution is 2.26. The number of halogens is 2. The van der Waals surface area contributed by atoms with E-state index in [1.54, 1.807) is 0 Å². The molecule has 5 nitrogen and oxygen atoms in total. The molecule has 0 spiro atoms. The van der Waals surface area contributed by atoms with Gasteiger partial charge < -0.3 is 15.0 Å². The Bertz CT molecular complexity index is 677. The fourth-order valence-electron chi connectivity index (χ4n) is 2.71. The molecule has 122 valence electrons. The van der Waals surface area contributed by atoms with E-state index in [4.69, 9.17) is 16.3 Å². The molecule has 7 heteroatoms. The topological polar surface area (TPSA) is 58.6 Å². The Kier molecular flexibility index (Phi) is 4.52. The number of hydrogen-bond acceptors (Lipinski definition) is 3. The molecule has 2 aliphatic heterocycles. The number of benzene rings is 1. The number of nitrogens with one attached hydrogen (secondary N) is 1. The van der Waals surface area contributed by atoms with Crippen molar-refractivity contribution >= 4 is 29.1 Å². The quantitative estimate of drug-likeness (QED) is 0.920. The van der Waals surface area contributed by atoms with Crippen LogP contribution in [0.15, 0.2) is 30.0 Å². The molecule has 2 heterocycles. The molecule has 23 heavy (non-hydrogen) atoms. The van der Waals surface area contributed by atoms with Crippen molar-refractivity contribution in [2.24, 2.45) is 0 Å². The molecule has 2 amide bonds. The van der Waals surface area contributed by atoms with Crippen molar-refractivity contribution in [2.75, 3.05) is 18.1 Å². The number of anilines is 1. The van der Waals surface area contributed by atoms with Gasteiger partial charge >= 0.3 is 0 Å². The van der Waals surface area contributed by atoms with Gasteiger partial charge in [-0.15, -0.1) is 0 Å². The van der Waals surface area contributed by atoms with Gasteiger partial charge in [0.1, 0.15) is 11.9 Å². The van der Waals surface area contributed by atoms with Gasteiger partial charge in [0.2, 0.25) is 5.91 Å². The second-order valence-corrected chi connectivity index (χ2v) is 5.93. The van der Waals surface area contributed by atoms with Gasteiger partial charge in [-0.1, -0.05) is 11.6 Å². The predicted octanol–water partition coefficient (Wildman–Crippen LogP) is 2.39. The minimum Gasteiger partial charge on any atom is -0.501 e. The minimum absolute atomic E-state index is 0.0349. The molecule has 0 bridgehead atoms. The first-order valence-electron chi connectivity index (χ1n) is 7.44. The maximum absolute atomic E-state index is 13.2. The average molecular weight is 339 g/mol. The van der Waals surface area contributed by atoms with Crippen LogP contribution < -0.4 is 10.2 Å². The molecule has 1 aromatic rings. The smallest absolute Gasteiger partial charge is 0.250 e. The van der Waals surface area contributed by atoms with Crippen LogP contribution in [-0.4, -0.2) is 31.0 Å². The highest BCUT2D eigenvalue weighted by molar-refractivity contribution is 6.31. The Balaban J connectivity index is 1.67. The van der Waals surface area contributed by atoms with Gasteiger partial charge in [0, 0.05) is 12.2 Å². The molecule has 1 N–H and O–H groups in total. The van der Waals surface area contributed by atoms with Gasteiger partial charge in [-0.2, -0.15) is 0 Å². The Morgan fingerprint density at radius 1 is 1.43 bits per heavy atom. The average Bonchev–Trinajstić information content (AvgIpc) is 2.92. The van der Waals surface area contributed by atoms with Gasteiger partial charge in [-0.05, 0) is 37.5 Å². The number of carbonyl (C=O) groups is 2. The zero-order valence-electron chi connectivity index (χ0n) is 12.4. The summed E-state index contributed by atoms with van der Waals surface area (Å²) in [5.74, 6) is -1.03. The molecule has 1 atom stereocenters. The summed E-state index contributed by atoms with van der Waals surface area (Å²) in [6.07, 6.45) is 3.38. The molecule has 0 aliphatic carbocycles. The number of carbonyl (C=O) groups excluding carboxylic acids is 2. The summed E-state index contributed by atoms with van der Waals surface area (Å²) in [5.41, 5.74) is 1.07. The van der Waals surface area contributed by atoms with Crippen molar-refractivity contribution in [1.82, 2.24) is 5.32 Å². The van der Waals surface area contributed by atoms with E-state index in [1.165, 1.54) is 29.4 Å². The maximum atomic E-state index is 13.2. The summed E-state index contributed by atoms with van der Waals surface area (Å²) < 4.78 is 18.4. The fourth-order valence-corrected chi connectivity index (χ4v) is 2.88. The SMILES string of the molecule is O=C(NC1CCN(c2ccc(F)c(Cl)c2)C1=O)C1=COCCC1. The molecular formula is C16H16ClFN2O3. The summed E-state index contributed by atoms with van der Waals surface area (Å²) in [7, 11) is 0. The van der Waals surface area contributed by atoms with Crippen LogP contribution in [0, 0.1) is 5.82 Å². The van der Waals surface area contributed by atoms with Gasteiger partial charge in [-0.25, -0.2) is 4.39 Å². The number of hydrogen-bond donors (Lipinski definition) is 1. The Morgan fingerprint density at radius 3 is 2.96 bits per heavy atom. The molecule has 1 aromatic carbocycles. The molecule has 0 radical (unpaired) electrons. The van der Waals surface area contributed by atoms with E-state index >= 15 is 0 Å². The summed E-state index contributed by atoms with van der Waals surface area (Å²) in [4.78, 5) is 26.1. The van der Waals surface area contributed by atoms with Crippen molar-refractivity contribution in [3.8, 4) is 0 Å². The first-order valence-corrected chi connectivity index (χ1v) is 7.82. The van der Waals surface area contributed by atoms with Crippen LogP contribution in [0.2, 0.25) is 5.02 Å². The monoisotopic (exact) mass is 338 g/mol. The zero-order valence-corrected chi connectivity index (χ0v) is 13.1. The van der Waals surface area contributed by atoms with Crippen LogP contribution in [0.4, 0.5) is 10.1 Å². The molecule has 0 saturated carbocycles. The van der Waals surface area contributed by atoms with E-state index in [0.717, 1.165) is 6.42 Å². The lowest BCUT2D eigenvalue weighted by Crippen LogP contribution is -2.42. The van der Waals surface area contributed by atoms with E-state index < -0.39 is 11.9 Å². The Hall–Kier alpha value is -2.08. The lowest BCUT2D eigenvalue weighted by molar-refractivity contribution is -0.124.